The molecule has 1 aliphatic carbocycles. The highest BCUT2D eigenvalue weighted by Gasteiger charge is 2.35. The van der Waals surface area contributed by atoms with Crippen LogP contribution in [0.1, 0.15) is 44.4 Å². The van der Waals surface area contributed by atoms with Crippen LogP contribution in [-0.4, -0.2) is 5.97 Å². The molecule has 2 heteroatoms. The van der Waals surface area contributed by atoms with Gasteiger partial charge in [0, 0.05) is 11.1 Å². The first kappa shape index (κ1) is 15.9. The number of carbonyl (C=O) groups is 1. The zero-order valence-electron chi connectivity index (χ0n) is 14.9. The van der Waals surface area contributed by atoms with Gasteiger partial charge >= 0.3 is 5.97 Å². The number of hydrogen-bond acceptors (Lipinski definition) is 2. The number of rotatable bonds is 3. The Hall–Kier alpha value is -2.61. The third kappa shape index (κ3) is 2.53. The summed E-state index contributed by atoms with van der Waals surface area (Å²) in [4.78, 5) is 12.7. The van der Waals surface area contributed by atoms with Gasteiger partial charge in [0.05, 0.1) is 5.41 Å². The van der Waals surface area contributed by atoms with Crippen molar-refractivity contribution in [2.24, 2.45) is 5.41 Å². The number of benzene rings is 3. The van der Waals surface area contributed by atoms with Gasteiger partial charge in [-0.3, -0.25) is 4.79 Å². The van der Waals surface area contributed by atoms with Crippen molar-refractivity contribution in [2.45, 2.75) is 33.3 Å². The topological polar surface area (TPSA) is 26.3 Å². The van der Waals surface area contributed by atoms with Crippen LogP contribution in [0.4, 0.5) is 0 Å². The van der Waals surface area contributed by atoms with Gasteiger partial charge in [-0.2, -0.15) is 0 Å². The molecule has 2 nitrogen and oxygen atoms in total. The quantitative estimate of drug-likeness (QED) is 0.560. The highest BCUT2D eigenvalue weighted by atomic mass is 16.5. The molecule has 0 saturated heterocycles. The van der Waals surface area contributed by atoms with Gasteiger partial charge in [-0.05, 0) is 54.3 Å². The lowest BCUT2D eigenvalue weighted by Crippen LogP contribution is -2.27. The van der Waals surface area contributed by atoms with E-state index in [1.54, 1.807) is 0 Å². The van der Waals surface area contributed by atoms with Crippen molar-refractivity contribution in [3.8, 4) is 11.1 Å². The molecule has 1 unspecified atom stereocenters. The summed E-state index contributed by atoms with van der Waals surface area (Å²) < 4.78 is 6.03. The Balaban J connectivity index is 1.86. The summed E-state index contributed by atoms with van der Waals surface area (Å²) in [7, 11) is 0. The average Bonchev–Trinajstić information content (AvgIpc) is 2.93. The molecule has 0 bridgehead atoms. The Morgan fingerprint density at radius 1 is 0.920 bits per heavy atom. The fourth-order valence-electron chi connectivity index (χ4n) is 3.38. The standard InChI is InChI=1S/C23H22O2/c1-4-23(2,3)22(24)25-21-18-12-8-7-11-17(18)19-13-15-9-5-6-10-16(15)14-20(19)21/h5-14,21H,4H2,1-3H3. The van der Waals surface area contributed by atoms with E-state index in [4.69, 9.17) is 4.74 Å². The fourth-order valence-corrected chi connectivity index (χ4v) is 3.38. The molecule has 0 heterocycles. The Morgan fingerprint density at radius 2 is 1.56 bits per heavy atom. The van der Waals surface area contributed by atoms with Crippen molar-refractivity contribution in [3.63, 3.8) is 0 Å². The number of fused-ring (bicyclic) bond motifs is 4. The van der Waals surface area contributed by atoms with E-state index in [1.807, 2.05) is 39.0 Å². The molecule has 1 atom stereocenters. The van der Waals surface area contributed by atoms with Crippen LogP contribution in [0.3, 0.4) is 0 Å². The normalized spacial score (nSPS) is 15.7. The molecule has 3 aromatic carbocycles. The zero-order chi connectivity index (χ0) is 17.6. The highest BCUT2D eigenvalue weighted by Crippen LogP contribution is 2.47. The first-order valence-electron chi connectivity index (χ1n) is 8.84. The lowest BCUT2D eigenvalue weighted by molar-refractivity contribution is -0.158. The molecular formula is C23H22O2. The molecule has 1 aliphatic rings. The molecule has 0 saturated carbocycles. The van der Waals surface area contributed by atoms with Crippen molar-refractivity contribution < 1.29 is 9.53 Å². The van der Waals surface area contributed by atoms with Crippen LogP contribution in [0.25, 0.3) is 21.9 Å². The molecule has 0 N–H and O–H groups in total. The molecule has 0 fully saturated rings. The third-order valence-corrected chi connectivity index (χ3v) is 5.40. The monoisotopic (exact) mass is 330 g/mol. The summed E-state index contributed by atoms with van der Waals surface area (Å²) >= 11 is 0. The van der Waals surface area contributed by atoms with Crippen molar-refractivity contribution in [1.29, 1.82) is 0 Å². The highest BCUT2D eigenvalue weighted by molar-refractivity contribution is 5.92. The van der Waals surface area contributed by atoms with E-state index in [0.29, 0.717) is 0 Å². The van der Waals surface area contributed by atoms with E-state index >= 15 is 0 Å². The average molecular weight is 330 g/mol. The Morgan fingerprint density at radius 3 is 2.28 bits per heavy atom. The largest absolute Gasteiger partial charge is 0.452 e. The lowest BCUT2D eigenvalue weighted by atomic mass is 9.90. The van der Waals surface area contributed by atoms with Gasteiger partial charge in [0.25, 0.3) is 0 Å². The smallest absolute Gasteiger partial charge is 0.312 e. The van der Waals surface area contributed by atoms with Crippen molar-refractivity contribution in [3.05, 3.63) is 71.8 Å². The summed E-state index contributed by atoms with van der Waals surface area (Å²) in [5, 5.41) is 2.38. The van der Waals surface area contributed by atoms with Crippen LogP contribution < -0.4 is 0 Å². The second-order valence-electron chi connectivity index (χ2n) is 7.40. The predicted molar refractivity (Wildman–Crippen MR) is 101 cm³/mol. The second-order valence-corrected chi connectivity index (χ2v) is 7.40. The van der Waals surface area contributed by atoms with Gasteiger partial charge in [0.2, 0.25) is 0 Å². The van der Waals surface area contributed by atoms with Crippen LogP contribution in [-0.2, 0) is 9.53 Å². The van der Waals surface area contributed by atoms with Crippen LogP contribution in [0.5, 0.6) is 0 Å². The number of esters is 1. The minimum absolute atomic E-state index is 0.143. The van der Waals surface area contributed by atoms with E-state index in [0.717, 1.165) is 23.1 Å². The van der Waals surface area contributed by atoms with Gasteiger partial charge in [0.1, 0.15) is 0 Å². The van der Waals surface area contributed by atoms with Crippen LogP contribution in [0, 0.1) is 5.41 Å². The Kier molecular flexibility index (Phi) is 3.64. The van der Waals surface area contributed by atoms with E-state index in [9.17, 15) is 4.79 Å². The minimum Gasteiger partial charge on any atom is -0.452 e. The molecule has 126 valence electrons. The van der Waals surface area contributed by atoms with Gasteiger partial charge in [-0.15, -0.1) is 0 Å². The van der Waals surface area contributed by atoms with Crippen LogP contribution >= 0.6 is 0 Å². The molecule has 25 heavy (non-hydrogen) atoms. The maximum atomic E-state index is 12.7. The van der Waals surface area contributed by atoms with Gasteiger partial charge in [-0.1, -0.05) is 55.5 Å². The van der Waals surface area contributed by atoms with E-state index in [1.165, 1.54) is 16.3 Å². The fraction of sp³-hybridized carbons (Fsp3) is 0.261. The minimum atomic E-state index is -0.478. The molecule has 3 aromatic rings. The number of ether oxygens (including phenoxy) is 1. The van der Waals surface area contributed by atoms with Gasteiger partial charge < -0.3 is 4.74 Å². The van der Waals surface area contributed by atoms with E-state index in [2.05, 4.69) is 42.5 Å². The third-order valence-electron chi connectivity index (χ3n) is 5.40. The molecule has 4 rings (SSSR count). The van der Waals surface area contributed by atoms with Gasteiger partial charge in [-0.25, -0.2) is 0 Å². The molecule has 0 spiro atoms. The second kappa shape index (κ2) is 5.73. The van der Waals surface area contributed by atoms with E-state index in [-0.39, 0.29) is 12.1 Å². The first-order valence-corrected chi connectivity index (χ1v) is 8.84. The predicted octanol–water partition coefficient (Wildman–Crippen LogP) is 5.89. The molecule has 0 aromatic heterocycles. The van der Waals surface area contributed by atoms with Gasteiger partial charge in [0.15, 0.2) is 6.10 Å². The lowest BCUT2D eigenvalue weighted by Gasteiger charge is -2.24. The van der Waals surface area contributed by atoms with Crippen molar-refractivity contribution in [2.75, 3.05) is 0 Å². The zero-order valence-corrected chi connectivity index (χ0v) is 14.9. The number of hydrogen-bond donors (Lipinski definition) is 0. The SMILES string of the molecule is CCC(C)(C)C(=O)OC1c2ccccc2-c2cc3ccccc3cc21. The summed E-state index contributed by atoms with van der Waals surface area (Å²) in [6, 6.07) is 20.9. The number of carbonyl (C=O) groups excluding carboxylic acids is 1. The Labute approximate surface area is 148 Å². The van der Waals surface area contributed by atoms with Crippen LogP contribution in [0.15, 0.2) is 60.7 Å². The van der Waals surface area contributed by atoms with Crippen molar-refractivity contribution in [1.82, 2.24) is 0 Å². The van der Waals surface area contributed by atoms with E-state index < -0.39 is 5.41 Å². The summed E-state index contributed by atoms with van der Waals surface area (Å²) in [5.41, 5.74) is 4.01. The van der Waals surface area contributed by atoms with Crippen molar-refractivity contribution >= 4 is 16.7 Å². The maximum absolute atomic E-state index is 12.7. The summed E-state index contributed by atoms with van der Waals surface area (Å²) in [6.07, 6.45) is 0.430. The molecular weight excluding hydrogens is 308 g/mol. The first-order chi connectivity index (χ1) is 12.0. The molecule has 0 amide bonds. The molecule has 0 radical (unpaired) electrons. The Bertz CT molecular complexity index is 969. The summed E-state index contributed by atoms with van der Waals surface area (Å²) in [5.74, 6) is -0.143. The maximum Gasteiger partial charge on any atom is 0.312 e. The summed E-state index contributed by atoms with van der Waals surface area (Å²) in [6.45, 7) is 5.90. The van der Waals surface area contributed by atoms with Crippen LogP contribution in [0.2, 0.25) is 0 Å². The molecule has 0 aliphatic heterocycles.